The van der Waals surface area contributed by atoms with Gasteiger partial charge < -0.3 is 0 Å². The van der Waals surface area contributed by atoms with E-state index in [-0.39, 0.29) is 5.78 Å². The molecule has 1 saturated carbocycles. The van der Waals surface area contributed by atoms with Gasteiger partial charge >= 0.3 is 0 Å². The first-order valence-electron chi connectivity index (χ1n) is 4.38. The van der Waals surface area contributed by atoms with Crippen molar-refractivity contribution < 1.29 is 4.79 Å². The van der Waals surface area contributed by atoms with E-state index in [1.807, 2.05) is 17.8 Å². The van der Waals surface area contributed by atoms with E-state index in [9.17, 15) is 4.79 Å². The van der Waals surface area contributed by atoms with Crippen molar-refractivity contribution in [2.24, 2.45) is 0 Å². The number of ketones is 1. The molecule has 1 aromatic rings. The SMILES string of the molecule is CCC(=O)c1cnn(C2CC2)c1. The smallest absolute Gasteiger partial charge is 0.165 e. The number of rotatable bonds is 3. The van der Waals surface area contributed by atoms with Crippen molar-refractivity contribution in [1.82, 2.24) is 9.78 Å². The molecule has 3 nitrogen and oxygen atoms in total. The molecule has 1 aromatic heterocycles. The number of aromatic nitrogens is 2. The summed E-state index contributed by atoms with van der Waals surface area (Å²) in [6, 6.07) is 0.573. The van der Waals surface area contributed by atoms with Crippen LogP contribution in [0.15, 0.2) is 12.4 Å². The maximum Gasteiger partial charge on any atom is 0.165 e. The molecule has 0 radical (unpaired) electrons. The van der Waals surface area contributed by atoms with E-state index in [4.69, 9.17) is 0 Å². The van der Waals surface area contributed by atoms with Crippen molar-refractivity contribution in [2.75, 3.05) is 0 Å². The van der Waals surface area contributed by atoms with Crippen LogP contribution in [0.1, 0.15) is 42.6 Å². The van der Waals surface area contributed by atoms with E-state index < -0.39 is 0 Å². The van der Waals surface area contributed by atoms with Crippen LogP contribution in [0, 0.1) is 0 Å². The standard InChI is InChI=1S/C9H12N2O/c1-2-9(12)7-5-10-11(6-7)8-3-4-8/h5-6,8H,2-4H2,1H3. The second kappa shape index (κ2) is 2.73. The van der Waals surface area contributed by atoms with Gasteiger partial charge in [-0.15, -0.1) is 0 Å². The number of carbonyl (C=O) groups is 1. The summed E-state index contributed by atoms with van der Waals surface area (Å²) in [7, 11) is 0. The molecule has 0 N–H and O–H groups in total. The molecule has 0 saturated heterocycles. The zero-order valence-electron chi connectivity index (χ0n) is 7.16. The summed E-state index contributed by atoms with van der Waals surface area (Å²) in [5.41, 5.74) is 0.754. The maximum absolute atomic E-state index is 11.2. The summed E-state index contributed by atoms with van der Waals surface area (Å²) < 4.78 is 1.91. The van der Waals surface area contributed by atoms with Crippen molar-refractivity contribution in [1.29, 1.82) is 0 Å². The van der Waals surface area contributed by atoms with E-state index in [1.165, 1.54) is 12.8 Å². The van der Waals surface area contributed by atoms with Crippen molar-refractivity contribution in [3.8, 4) is 0 Å². The van der Waals surface area contributed by atoms with Crippen molar-refractivity contribution in [3.63, 3.8) is 0 Å². The molecule has 1 aliphatic carbocycles. The highest BCUT2D eigenvalue weighted by molar-refractivity contribution is 5.95. The molecule has 1 aliphatic rings. The predicted molar refractivity (Wildman–Crippen MR) is 45.1 cm³/mol. The van der Waals surface area contributed by atoms with Gasteiger partial charge in [0.1, 0.15) is 0 Å². The van der Waals surface area contributed by atoms with Gasteiger partial charge in [0.2, 0.25) is 0 Å². The van der Waals surface area contributed by atoms with Crippen LogP contribution in [0.3, 0.4) is 0 Å². The highest BCUT2D eigenvalue weighted by Crippen LogP contribution is 2.34. The van der Waals surface area contributed by atoms with Crippen LogP contribution in [-0.2, 0) is 0 Å². The number of hydrogen-bond acceptors (Lipinski definition) is 2. The number of hydrogen-bond donors (Lipinski definition) is 0. The minimum atomic E-state index is 0.182. The molecule has 3 heteroatoms. The van der Waals surface area contributed by atoms with Gasteiger partial charge in [-0.05, 0) is 12.8 Å². The molecule has 1 heterocycles. The van der Waals surface area contributed by atoms with Gasteiger partial charge in [0.05, 0.1) is 17.8 Å². The minimum Gasteiger partial charge on any atom is -0.294 e. The second-order valence-corrected chi connectivity index (χ2v) is 3.22. The summed E-state index contributed by atoms with van der Waals surface area (Å²) in [5, 5.41) is 4.14. The first kappa shape index (κ1) is 7.53. The average Bonchev–Trinajstić information content (AvgIpc) is 2.83. The molecule has 64 valence electrons. The monoisotopic (exact) mass is 164 g/mol. The fraction of sp³-hybridized carbons (Fsp3) is 0.556. The van der Waals surface area contributed by atoms with Gasteiger partial charge in [-0.2, -0.15) is 5.10 Å². The molecule has 0 amide bonds. The van der Waals surface area contributed by atoms with E-state index in [0.29, 0.717) is 12.5 Å². The Morgan fingerprint density at radius 2 is 2.50 bits per heavy atom. The molecule has 2 rings (SSSR count). The topological polar surface area (TPSA) is 34.9 Å². The third-order valence-corrected chi connectivity index (χ3v) is 2.17. The Morgan fingerprint density at radius 1 is 1.75 bits per heavy atom. The molecule has 0 spiro atoms. The Labute approximate surface area is 71.4 Å². The van der Waals surface area contributed by atoms with E-state index in [0.717, 1.165) is 5.56 Å². The van der Waals surface area contributed by atoms with E-state index >= 15 is 0 Å². The van der Waals surface area contributed by atoms with Gasteiger partial charge in [0.25, 0.3) is 0 Å². The predicted octanol–water partition coefficient (Wildman–Crippen LogP) is 1.81. The fourth-order valence-corrected chi connectivity index (χ4v) is 1.22. The van der Waals surface area contributed by atoms with Crippen molar-refractivity contribution in [2.45, 2.75) is 32.2 Å². The zero-order chi connectivity index (χ0) is 8.55. The summed E-state index contributed by atoms with van der Waals surface area (Å²) in [6.07, 6.45) is 6.52. The van der Waals surface area contributed by atoms with Crippen LogP contribution in [-0.4, -0.2) is 15.6 Å². The van der Waals surface area contributed by atoms with E-state index in [2.05, 4.69) is 5.10 Å². The Hall–Kier alpha value is -1.12. The minimum absolute atomic E-state index is 0.182. The number of nitrogens with zero attached hydrogens (tertiary/aromatic N) is 2. The molecular weight excluding hydrogens is 152 g/mol. The van der Waals surface area contributed by atoms with Crippen LogP contribution in [0.25, 0.3) is 0 Å². The van der Waals surface area contributed by atoms with Crippen LogP contribution in [0.4, 0.5) is 0 Å². The average molecular weight is 164 g/mol. The van der Waals surface area contributed by atoms with E-state index in [1.54, 1.807) is 6.20 Å². The Bertz CT molecular complexity index is 299. The molecular formula is C9H12N2O. The van der Waals surface area contributed by atoms with Crippen LogP contribution >= 0.6 is 0 Å². The lowest BCUT2D eigenvalue weighted by atomic mass is 10.2. The molecule has 0 unspecified atom stereocenters. The maximum atomic E-state index is 11.2. The summed E-state index contributed by atoms with van der Waals surface area (Å²) in [5.74, 6) is 0.182. The van der Waals surface area contributed by atoms with Gasteiger partial charge in [0.15, 0.2) is 5.78 Å². The van der Waals surface area contributed by atoms with Gasteiger partial charge in [-0.1, -0.05) is 6.92 Å². The highest BCUT2D eigenvalue weighted by atomic mass is 16.1. The summed E-state index contributed by atoms with van der Waals surface area (Å²) in [4.78, 5) is 11.2. The quantitative estimate of drug-likeness (QED) is 0.638. The lowest BCUT2D eigenvalue weighted by Gasteiger charge is -1.93. The van der Waals surface area contributed by atoms with Crippen LogP contribution in [0.5, 0.6) is 0 Å². The largest absolute Gasteiger partial charge is 0.294 e. The molecule has 0 atom stereocenters. The van der Waals surface area contributed by atoms with Gasteiger partial charge in [-0.3, -0.25) is 9.48 Å². The van der Waals surface area contributed by atoms with Crippen molar-refractivity contribution in [3.05, 3.63) is 18.0 Å². The zero-order valence-corrected chi connectivity index (χ0v) is 7.16. The lowest BCUT2D eigenvalue weighted by Crippen LogP contribution is -1.95. The first-order chi connectivity index (χ1) is 5.81. The van der Waals surface area contributed by atoms with Gasteiger partial charge in [0, 0.05) is 12.6 Å². The summed E-state index contributed by atoms with van der Waals surface area (Å²) >= 11 is 0. The first-order valence-corrected chi connectivity index (χ1v) is 4.38. The highest BCUT2D eigenvalue weighted by Gasteiger charge is 2.24. The Balaban J connectivity index is 2.17. The lowest BCUT2D eigenvalue weighted by molar-refractivity contribution is 0.0988. The number of carbonyl (C=O) groups excluding carboxylic acids is 1. The molecule has 1 fully saturated rings. The normalized spacial score (nSPS) is 16.4. The molecule has 12 heavy (non-hydrogen) atoms. The Kier molecular flexibility index (Phi) is 1.71. The molecule has 0 aliphatic heterocycles. The Morgan fingerprint density at radius 3 is 3.08 bits per heavy atom. The fourth-order valence-electron chi connectivity index (χ4n) is 1.22. The third-order valence-electron chi connectivity index (χ3n) is 2.17. The second-order valence-electron chi connectivity index (χ2n) is 3.22. The summed E-state index contributed by atoms with van der Waals surface area (Å²) in [6.45, 7) is 1.87. The van der Waals surface area contributed by atoms with Crippen molar-refractivity contribution >= 4 is 5.78 Å². The van der Waals surface area contributed by atoms with Crippen LogP contribution in [0.2, 0.25) is 0 Å². The third kappa shape index (κ3) is 1.26. The van der Waals surface area contributed by atoms with Crippen LogP contribution < -0.4 is 0 Å². The molecule has 0 aromatic carbocycles. The molecule has 0 bridgehead atoms. The van der Waals surface area contributed by atoms with Gasteiger partial charge in [-0.25, -0.2) is 0 Å². The number of Topliss-reactive ketones (excluding diaryl/α,β-unsaturated/α-hetero) is 1.